The third-order valence-corrected chi connectivity index (χ3v) is 3.91. The van der Waals surface area contributed by atoms with E-state index >= 15 is 0 Å². The summed E-state index contributed by atoms with van der Waals surface area (Å²) >= 11 is 0. The van der Waals surface area contributed by atoms with Crippen LogP contribution in [0.15, 0.2) is 29.4 Å². The van der Waals surface area contributed by atoms with Crippen molar-refractivity contribution in [2.45, 2.75) is 12.5 Å². The van der Waals surface area contributed by atoms with Gasteiger partial charge >= 0.3 is 0 Å². The molecule has 1 aromatic rings. The molecule has 0 aromatic heterocycles. The summed E-state index contributed by atoms with van der Waals surface area (Å²) in [6, 6.07) is 7.88. The van der Waals surface area contributed by atoms with Crippen molar-refractivity contribution in [1.29, 1.82) is 0 Å². The number of amidine groups is 1. The van der Waals surface area contributed by atoms with Crippen molar-refractivity contribution in [2.75, 3.05) is 40.3 Å². The fraction of sp³-hybridized carbons (Fsp3) is 0.533. The minimum absolute atomic E-state index is 0.105. The molecule has 0 radical (unpaired) electrons. The quantitative estimate of drug-likeness (QED) is 0.351. The molecule has 0 saturated carbocycles. The molecule has 0 aliphatic carbocycles. The first-order chi connectivity index (χ1) is 10.1. The molecule has 0 spiro atoms. The third kappa shape index (κ3) is 4.34. The average Bonchev–Trinajstić information content (AvgIpc) is 2.96. The zero-order valence-electron chi connectivity index (χ0n) is 12.7. The molecule has 1 unspecified atom stereocenters. The molecule has 3 N–H and O–H groups in total. The lowest BCUT2D eigenvalue weighted by Gasteiger charge is -2.20. The monoisotopic (exact) mass is 292 g/mol. The normalized spacial score (nSPS) is 20.1. The zero-order valence-corrected chi connectivity index (χ0v) is 12.7. The van der Waals surface area contributed by atoms with Crippen LogP contribution in [0, 0.1) is 0 Å². The first-order valence-corrected chi connectivity index (χ1v) is 7.19. The van der Waals surface area contributed by atoms with E-state index in [0.717, 1.165) is 25.4 Å². The van der Waals surface area contributed by atoms with Crippen LogP contribution in [-0.2, 0) is 0 Å². The molecular formula is C15H24N4O2. The van der Waals surface area contributed by atoms with Crippen molar-refractivity contribution >= 4 is 5.84 Å². The van der Waals surface area contributed by atoms with Gasteiger partial charge in [0.05, 0.1) is 0 Å². The number of likely N-dealkylation sites (tertiary alicyclic amines) is 1. The van der Waals surface area contributed by atoms with Crippen LogP contribution in [0.25, 0.3) is 0 Å². The molecule has 1 saturated heterocycles. The minimum Gasteiger partial charge on any atom is -0.492 e. The fourth-order valence-electron chi connectivity index (χ4n) is 2.51. The van der Waals surface area contributed by atoms with Crippen molar-refractivity contribution in [3.63, 3.8) is 0 Å². The first kappa shape index (κ1) is 15.6. The van der Waals surface area contributed by atoms with Gasteiger partial charge in [0.15, 0.2) is 5.84 Å². The van der Waals surface area contributed by atoms with Crippen molar-refractivity contribution < 1.29 is 9.94 Å². The molecule has 116 valence electrons. The molecule has 0 bridgehead atoms. The van der Waals surface area contributed by atoms with E-state index in [1.807, 2.05) is 12.1 Å². The highest BCUT2D eigenvalue weighted by Crippen LogP contribution is 2.14. The van der Waals surface area contributed by atoms with Crippen LogP contribution in [-0.4, -0.2) is 67.2 Å². The number of ether oxygens (including phenoxy) is 1. The Bertz CT molecular complexity index is 473. The van der Waals surface area contributed by atoms with Crippen LogP contribution < -0.4 is 10.5 Å². The molecule has 1 heterocycles. The predicted molar refractivity (Wildman–Crippen MR) is 83.0 cm³/mol. The van der Waals surface area contributed by atoms with E-state index in [1.165, 1.54) is 6.42 Å². The third-order valence-electron chi connectivity index (χ3n) is 3.91. The van der Waals surface area contributed by atoms with E-state index in [4.69, 9.17) is 15.7 Å². The van der Waals surface area contributed by atoms with Gasteiger partial charge in [-0.2, -0.15) is 0 Å². The van der Waals surface area contributed by atoms with Crippen molar-refractivity contribution in [1.82, 2.24) is 9.80 Å². The topological polar surface area (TPSA) is 74.3 Å². The summed E-state index contributed by atoms with van der Waals surface area (Å²) in [6.07, 6.45) is 1.22. The van der Waals surface area contributed by atoms with Gasteiger partial charge in [0.25, 0.3) is 0 Å². The summed E-state index contributed by atoms with van der Waals surface area (Å²) < 4.78 is 5.73. The second-order valence-corrected chi connectivity index (χ2v) is 5.56. The summed E-state index contributed by atoms with van der Waals surface area (Å²) in [4.78, 5) is 4.71. The van der Waals surface area contributed by atoms with Gasteiger partial charge < -0.3 is 20.6 Å². The lowest BCUT2D eigenvalue weighted by Crippen LogP contribution is -2.33. The number of nitrogens with zero attached hydrogens (tertiary/aromatic N) is 3. The second kappa shape index (κ2) is 7.28. The number of hydrogen-bond donors (Lipinski definition) is 2. The van der Waals surface area contributed by atoms with Gasteiger partial charge in [0.2, 0.25) is 0 Å². The maximum atomic E-state index is 8.60. The molecule has 6 nitrogen and oxygen atoms in total. The molecule has 1 aliphatic rings. The fourth-order valence-corrected chi connectivity index (χ4v) is 2.51. The standard InChI is InChI=1S/C15H24N4O2/c1-18(2)13-7-8-19(11-13)9-10-21-14-5-3-12(4-6-14)15(16)17-20/h3-6,13,20H,7-11H2,1-2H3,(H2,16,17). The molecule has 2 rings (SSSR count). The Balaban J connectivity index is 1.74. The maximum Gasteiger partial charge on any atom is 0.170 e. The molecule has 1 aliphatic heterocycles. The molecular weight excluding hydrogens is 268 g/mol. The number of likely N-dealkylation sites (N-methyl/N-ethyl adjacent to an activating group) is 1. The molecule has 0 amide bonds. The Morgan fingerprint density at radius 3 is 2.71 bits per heavy atom. The van der Waals surface area contributed by atoms with Crippen molar-refractivity contribution in [2.24, 2.45) is 10.9 Å². The van der Waals surface area contributed by atoms with E-state index in [1.54, 1.807) is 12.1 Å². The molecule has 1 atom stereocenters. The van der Waals surface area contributed by atoms with Crippen molar-refractivity contribution in [3.05, 3.63) is 29.8 Å². The van der Waals surface area contributed by atoms with Crippen molar-refractivity contribution in [3.8, 4) is 5.75 Å². The number of hydrogen-bond acceptors (Lipinski definition) is 5. The Labute approximate surface area is 125 Å². The highest BCUT2D eigenvalue weighted by atomic mass is 16.5. The van der Waals surface area contributed by atoms with Gasteiger partial charge in [0, 0.05) is 24.7 Å². The van der Waals surface area contributed by atoms with E-state index in [9.17, 15) is 0 Å². The molecule has 21 heavy (non-hydrogen) atoms. The van der Waals surface area contributed by atoms with E-state index in [2.05, 4.69) is 29.1 Å². The molecule has 1 fully saturated rings. The number of rotatable bonds is 6. The lowest BCUT2D eigenvalue weighted by molar-refractivity contribution is 0.220. The van der Waals surface area contributed by atoms with Crippen LogP contribution in [0.1, 0.15) is 12.0 Å². The molecule has 1 aromatic carbocycles. The van der Waals surface area contributed by atoms with Gasteiger partial charge in [-0.3, -0.25) is 4.90 Å². The van der Waals surface area contributed by atoms with Crippen LogP contribution in [0.5, 0.6) is 5.75 Å². The highest BCUT2D eigenvalue weighted by molar-refractivity contribution is 5.97. The van der Waals surface area contributed by atoms with Gasteiger partial charge in [-0.1, -0.05) is 5.16 Å². The van der Waals surface area contributed by atoms with E-state index in [-0.39, 0.29) is 5.84 Å². The summed E-state index contributed by atoms with van der Waals surface area (Å²) in [5.41, 5.74) is 6.19. The predicted octanol–water partition coefficient (Wildman–Crippen LogP) is 0.796. The van der Waals surface area contributed by atoms with E-state index < -0.39 is 0 Å². The summed E-state index contributed by atoms with van der Waals surface area (Å²) in [6.45, 7) is 3.85. The first-order valence-electron chi connectivity index (χ1n) is 7.19. The Kier molecular flexibility index (Phi) is 5.41. The Hall–Kier alpha value is -1.79. The molecule has 6 heteroatoms. The van der Waals surface area contributed by atoms with Crippen LogP contribution in [0.4, 0.5) is 0 Å². The Morgan fingerprint density at radius 1 is 1.43 bits per heavy atom. The van der Waals surface area contributed by atoms with Gasteiger partial charge in [-0.15, -0.1) is 0 Å². The second-order valence-electron chi connectivity index (χ2n) is 5.56. The van der Waals surface area contributed by atoms with Crippen LogP contribution in [0.2, 0.25) is 0 Å². The average molecular weight is 292 g/mol. The minimum atomic E-state index is 0.105. The zero-order chi connectivity index (χ0) is 15.2. The van der Waals surface area contributed by atoms with Gasteiger partial charge in [0.1, 0.15) is 12.4 Å². The Morgan fingerprint density at radius 2 is 2.14 bits per heavy atom. The largest absolute Gasteiger partial charge is 0.492 e. The summed E-state index contributed by atoms with van der Waals surface area (Å²) in [5.74, 6) is 0.904. The SMILES string of the molecule is CN(C)C1CCN(CCOc2ccc(C(N)=NO)cc2)C1. The summed E-state index contributed by atoms with van der Waals surface area (Å²) in [5, 5.41) is 11.6. The number of benzene rings is 1. The van der Waals surface area contributed by atoms with Gasteiger partial charge in [-0.25, -0.2) is 0 Å². The summed E-state index contributed by atoms with van der Waals surface area (Å²) in [7, 11) is 4.27. The van der Waals surface area contributed by atoms with Crippen LogP contribution >= 0.6 is 0 Å². The van der Waals surface area contributed by atoms with Crippen LogP contribution in [0.3, 0.4) is 0 Å². The van der Waals surface area contributed by atoms with Gasteiger partial charge in [-0.05, 0) is 51.3 Å². The van der Waals surface area contributed by atoms with E-state index in [0.29, 0.717) is 18.2 Å². The number of nitrogens with two attached hydrogens (primary N) is 1. The maximum absolute atomic E-state index is 8.60. The number of oxime groups is 1. The highest BCUT2D eigenvalue weighted by Gasteiger charge is 2.23. The lowest BCUT2D eigenvalue weighted by atomic mass is 10.2. The smallest absolute Gasteiger partial charge is 0.170 e.